The fraction of sp³-hybridized carbons (Fsp3) is 0.316. The van der Waals surface area contributed by atoms with Crippen molar-refractivity contribution in [3.05, 3.63) is 55.8 Å². The lowest BCUT2D eigenvalue weighted by Gasteiger charge is -2.06. The van der Waals surface area contributed by atoms with Crippen molar-refractivity contribution in [2.45, 2.75) is 26.8 Å². The van der Waals surface area contributed by atoms with Crippen LogP contribution in [0.4, 0.5) is 5.13 Å². The van der Waals surface area contributed by atoms with Gasteiger partial charge in [0.05, 0.1) is 46.7 Å². The molecule has 2 aromatic heterocycles. The van der Waals surface area contributed by atoms with Crippen LogP contribution in [-0.2, 0) is 17.8 Å². The first-order valence-electron chi connectivity index (χ1n) is 9.27. The maximum Gasteiger partial charge on any atom is 0.263 e. The first-order chi connectivity index (χ1) is 14.8. The number of rotatable bonds is 8. The standard InChI is InChI=1S/C19H20Cl2N6O3S/c1-10-17(18(30)22-5-6-28)31-19(23-10)24-16(29)8-15-11(2)27(26-25-15)9-12-3-4-13(20)14(21)7-12/h3-4,7,28H,5-6,8-9H2,1-2H3,(H,22,30)(H,23,24,29). The van der Waals surface area contributed by atoms with Gasteiger partial charge in [-0.25, -0.2) is 9.67 Å². The van der Waals surface area contributed by atoms with Crippen molar-refractivity contribution in [2.24, 2.45) is 0 Å². The van der Waals surface area contributed by atoms with Crippen molar-refractivity contribution in [1.82, 2.24) is 25.3 Å². The molecule has 0 spiro atoms. The zero-order valence-electron chi connectivity index (χ0n) is 16.8. The molecule has 0 unspecified atom stereocenters. The molecule has 0 saturated carbocycles. The Morgan fingerprint density at radius 2 is 2.00 bits per heavy atom. The number of thiazole rings is 1. The molecule has 0 saturated heterocycles. The van der Waals surface area contributed by atoms with E-state index in [2.05, 4.69) is 25.9 Å². The van der Waals surface area contributed by atoms with Gasteiger partial charge in [-0.1, -0.05) is 45.8 Å². The zero-order chi connectivity index (χ0) is 22.5. The average molecular weight is 483 g/mol. The Morgan fingerprint density at radius 1 is 1.23 bits per heavy atom. The van der Waals surface area contributed by atoms with E-state index in [4.69, 9.17) is 28.3 Å². The second kappa shape index (κ2) is 10.2. The maximum absolute atomic E-state index is 12.5. The highest BCUT2D eigenvalue weighted by atomic mass is 35.5. The van der Waals surface area contributed by atoms with E-state index in [1.165, 1.54) is 0 Å². The molecule has 31 heavy (non-hydrogen) atoms. The molecule has 164 valence electrons. The minimum Gasteiger partial charge on any atom is -0.395 e. The molecule has 2 heterocycles. The van der Waals surface area contributed by atoms with Crippen LogP contribution in [-0.4, -0.2) is 50.1 Å². The molecule has 9 nitrogen and oxygen atoms in total. The number of amides is 2. The van der Waals surface area contributed by atoms with Crippen molar-refractivity contribution >= 4 is 51.5 Å². The minimum atomic E-state index is -0.342. The van der Waals surface area contributed by atoms with Crippen LogP contribution in [0.3, 0.4) is 0 Å². The number of nitrogens with zero attached hydrogens (tertiary/aromatic N) is 4. The zero-order valence-corrected chi connectivity index (χ0v) is 19.1. The fourth-order valence-electron chi connectivity index (χ4n) is 2.75. The molecule has 3 N–H and O–H groups in total. The summed E-state index contributed by atoms with van der Waals surface area (Å²) in [7, 11) is 0. The molecule has 0 bridgehead atoms. The van der Waals surface area contributed by atoms with Crippen LogP contribution < -0.4 is 10.6 Å². The van der Waals surface area contributed by atoms with Crippen LogP contribution in [0.25, 0.3) is 0 Å². The van der Waals surface area contributed by atoms with Crippen molar-refractivity contribution < 1.29 is 14.7 Å². The molecule has 0 aliphatic rings. The molecule has 2 amide bonds. The van der Waals surface area contributed by atoms with E-state index in [-0.39, 0.29) is 31.4 Å². The van der Waals surface area contributed by atoms with Gasteiger partial charge in [0, 0.05) is 6.54 Å². The molecule has 0 radical (unpaired) electrons. The van der Waals surface area contributed by atoms with Gasteiger partial charge in [-0.3, -0.25) is 9.59 Å². The summed E-state index contributed by atoms with van der Waals surface area (Å²) < 4.78 is 1.68. The number of nitrogens with one attached hydrogen (secondary N) is 2. The summed E-state index contributed by atoms with van der Waals surface area (Å²) in [5, 5.41) is 23.6. The predicted molar refractivity (Wildman–Crippen MR) is 119 cm³/mol. The molecule has 1 aromatic carbocycles. The number of carbonyl (C=O) groups excluding carboxylic acids is 2. The van der Waals surface area contributed by atoms with Crippen molar-refractivity contribution in [3.63, 3.8) is 0 Å². The highest BCUT2D eigenvalue weighted by Gasteiger charge is 2.18. The van der Waals surface area contributed by atoms with E-state index in [0.29, 0.717) is 38.0 Å². The molecule has 3 aromatic rings. The highest BCUT2D eigenvalue weighted by Crippen LogP contribution is 2.24. The highest BCUT2D eigenvalue weighted by molar-refractivity contribution is 7.17. The van der Waals surface area contributed by atoms with Crippen LogP contribution in [0.5, 0.6) is 0 Å². The molecule has 0 aliphatic heterocycles. The van der Waals surface area contributed by atoms with Crippen molar-refractivity contribution in [2.75, 3.05) is 18.5 Å². The Morgan fingerprint density at radius 3 is 2.71 bits per heavy atom. The summed E-state index contributed by atoms with van der Waals surface area (Å²) in [5.41, 5.74) is 2.69. The summed E-state index contributed by atoms with van der Waals surface area (Å²) >= 11 is 13.1. The van der Waals surface area contributed by atoms with E-state index in [1.54, 1.807) is 23.7 Å². The van der Waals surface area contributed by atoms with Crippen molar-refractivity contribution in [3.8, 4) is 0 Å². The third-order valence-corrected chi connectivity index (χ3v) is 6.18. The van der Waals surface area contributed by atoms with E-state index >= 15 is 0 Å². The van der Waals surface area contributed by atoms with Gasteiger partial charge in [0.1, 0.15) is 4.88 Å². The molecular formula is C19H20Cl2N6O3S. The van der Waals surface area contributed by atoms with Gasteiger partial charge in [0.15, 0.2) is 5.13 Å². The second-order valence-electron chi connectivity index (χ2n) is 6.67. The topological polar surface area (TPSA) is 122 Å². The summed E-state index contributed by atoms with van der Waals surface area (Å²) in [4.78, 5) is 29.1. The first kappa shape index (κ1) is 23.1. The number of carbonyl (C=O) groups is 2. The lowest BCUT2D eigenvalue weighted by Crippen LogP contribution is -2.26. The van der Waals surface area contributed by atoms with Crippen LogP contribution >= 0.6 is 34.5 Å². The molecule has 12 heteroatoms. The number of halogens is 2. The van der Waals surface area contributed by atoms with Crippen LogP contribution in [0.2, 0.25) is 10.0 Å². The molecule has 0 atom stereocenters. The van der Waals surface area contributed by atoms with Crippen molar-refractivity contribution in [1.29, 1.82) is 0 Å². The number of aliphatic hydroxyl groups excluding tert-OH is 1. The van der Waals surface area contributed by atoms with Gasteiger partial charge in [0.2, 0.25) is 5.91 Å². The summed E-state index contributed by atoms with van der Waals surface area (Å²) in [6, 6.07) is 5.32. The van der Waals surface area contributed by atoms with E-state index < -0.39 is 0 Å². The summed E-state index contributed by atoms with van der Waals surface area (Å²) in [5.74, 6) is -0.661. The van der Waals surface area contributed by atoms with E-state index in [9.17, 15) is 9.59 Å². The number of hydrogen-bond donors (Lipinski definition) is 3. The Kier molecular flexibility index (Phi) is 7.60. The monoisotopic (exact) mass is 482 g/mol. The van der Waals surface area contributed by atoms with Crippen LogP contribution in [0.15, 0.2) is 18.2 Å². The smallest absolute Gasteiger partial charge is 0.263 e. The normalized spacial score (nSPS) is 10.9. The molecule has 3 rings (SSSR count). The number of aliphatic hydroxyl groups is 1. The lowest BCUT2D eigenvalue weighted by molar-refractivity contribution is -0.115. The molecule has 0 aliphatic carbocycles. The van der Waals surface area contributed by atoms with Gasteiger partial charge in [-0.2, -0.15) is 0 Å². The Balaban J connectivity index is 1.64. The first-order valence-corrected chi connectivity index (χ1v) is 10.8. The van der Waals surface area contributed by atoms with Gasteiger partial charge >= 0.3 is 0 Å². The summed E-state index contributed by atoms with van der Waals surface area (Å²) in [6.45, 7) is 3.94. The van der Waals surface area contributed by atoms with Gasteiger partial charge in [0.25, 0.3) is 5.91 Å². The largest absolute Gasteiger partial charge is 0.395 e. The number of hydrogen-bond acceptors (Lipinski definition) is 7. The average Bonchev–Trinajstić information content (AvgIpc) is 3.25. The van der Waals surface area contributed by atoms with Gasteiger partial charge < -0.3 is 15.7 Å². The van der Waals surface area contributed by atoms with Gasteiger partial charge in [-0.05, 0) is 31.5 Å². The predicted octanol–water partition coefficient (Wildman–Crippen LogP) is 2.61. The Bertz CT molecular complexity index is 1110. The Hall–Kier alpha value is -2.53. The van der Waals surface area contributed by atoms with Gasteiger partial charge in [-0.15, -0.1) is 5.10 Å². The summed E-state index contributed by atoms with van der Waals surface area (Å²) in [6.07, 6.45) is 0.0118. The SMILES string of the molecule is Cc1nc(NC(=O)Cc2nnn(Cc3ccc(Cl)c(Cl)c3)c2C)sc1C(=O)NCCO. The van der Waals surface area contributed by atoms with E-state index in [0.717, 1.165) is 22.6 Å². The third kappa shape index (κ3) is 5.79. The fourth-order valence-corrected chi connectivity index (χ4v) is 3.97. The number of anilines is 1. The number of aryl methyl sites for hydroxylation is 1. The van der Waals surface area contributed by atoms with Crippen LogP contribution in [0, 0.1) is 13.8 Å². The van der Waals surface area contributed by atoms with Crippen LogP contribution in [0.1, 0.15) is 32.3 Å². The third-order valence-electron chi connectivity index (χ3n) is 4.37. The van der Waals surface area contributed by atoms with E-state index in [1.807, 2.05) is 13.0 Å². The Labute approximate surface area is 192 Å². The second-order valence-corrected chi connectivity index (χ2v) is 8.48. The number of aromatic nitrogens is 4. The minimum absolute atomic E-state index is 0.0118. The maximum atomic E-state index is 12.5. The molecular weight excluding hydrogens is 463 g/mol. The lowest BCUT2D eigenvalue weighted by atomic mass is 10.2. The molecule has 0 fully saturated rings. The quantitative estimate of drug-likeness (QED) is 0.453. The number of benzene rings is 1.